The standard InChI is InChI=1S/C27H41N2P.Au.BF3.ClH.FH/c1-19(2)28(20(3)4)25-26(29(21(5)6)22(7)8)27(25)30(23-15-11-9-12-16-23)24-17-13-10-14-18-24;;2-1(3)4;;/h9-22,25-27H,1-8H3;;;2*1H/q;+1;;;/p-1. The van der Waals surface area contributed by atoms with Gasteiger partial charge in [0.1, 0.15) is 5.66 Å². The Hall–Kier alpha value is -0.395. The molecule has 214 valence electrons. The van der Waals surface area contributed by atoms with Crippen LogP contribution >= 0.6 is 17.1 Å². The Bertz CT molecular complexity index is 769. The summed E-state index contributed by atoms with van der Waals surface area (Å²) >= 11 is 1.75. The zero-order valence-corrected chi connectivity index (χ0v) is 26.9. The van der Waals surface area contributed by atoms with Crippen LogP contribution < -0.4 is 15.3 Å². The second kappa shape index (κ2) is 18.0. The first-order chi connectivity index (χ1) is 17.0. The zero-order valence-electron chi connectivity index (χ0n) is 23.0. The third-order valence-electron chi connectivity index (χ3n) is 6.52. The molecule has 0 N–H and O–H groups in total. The molecule has 0 radical (unpaired) electrons. The average Bonchev–Trinajstić information content (AvgIpc) is 3.48. The first-order valence-electron chi connectivity index (χ1n) is 12.5. The van der Waals surface area contributed by atoms with E-state index in [0.29, 0.717) is 41.9 Å². The molecular formula is C27H42AuBClF4N2P. The van der Waals surface area contributed by atoms with Gasteiger partial charge in [0, 0.05) is 24.2 Å². The summed E-state index contributed by atoms with van der Waals surface area (Å²) in [6.07, 6.45) is 0. The van der Waals surface area contributed by atoms with Crippen molar-refractivity contribution in [1.29, 1.82) is 0 Å². The zero-order chi connectivity index (χ0) is 27.6. The Balaban J connectivity index is 0.00000169. The summed E-state index contributed by atoms with van der Waals surface area (Å²) < 4.78 is 29.0. The van der Waals surface area contributed by atoms with Crippen LogP contribution in [0.2, 0.25) is 0 Å². The van der Waals surface area contributed by atoms with Crippen LogP contribution in [0.4, 0.5) is 12.9 Å². The third-order valence-corrected chi connectivity index (χ3v) is 9.78. The van der Waals surface area contributed by atoms with Gasteiger partial charge in [-0.3, -0.25) is 22.7 Å². The van der Waals surface area contributed by atoms with Crippen molar-refractivity contribution in [2.24, 2.45) is 0 Å². The van der Waals surface area contributed by atoms with Gasteiger partial charge in [0.2, 0.25) is 0 Å². The maximum Gasteiger partial charge on any atom is -1.00 e. The fraction of sp³-hybridized carbons (Fsp3) is 0.556. The van der Waals surface area contributed by atoms with E-state index in [-0.39, 0.29) is 4.70 Å². The smallest absolute Gasteiger partial charge is 1.00 e. The van der Waals surface area contributed by atoms with Gasteiger partial charge in [-0.15, -0.1) is 0 Å². The van der Waals surface area contributed by atoms with Gasteiger partial charge in [-0.25, -0.2) is 0 Å². The molecule has 1 aliphatic carbocycles. The van der Waals surface area contributed by atoms with E-state index in [1.807, 2.05) is 0 Å². The molecule has 0 aliphatic heterocycles. The maximum atomic E-state index is 9.67. The van der Waals surface area contributed by atoms with Gasteiger partial charge >= 0.3 is 36.7 Å². The number of hydrogen-bond donors (Lipinski definition) is 0. The monoisotopic (exact) mass is 744 g/mol. The van der Waals surface area contributed by atoms with Crippen molar-refractivity contribution >= 4 is 35.3 Å². The largest absolute Gasteiger partial charge is 1.00 e. The molecule has 0 aromatic heterocycles. The van der Waals surface area contributed by atoms with Crippen molar-refractivity contribution < 1.29 is 37.6 Å². The van der Waals surface area contributed by atoms with Crippen molar-refractivity contribution in [2.75, 3.05) is 0 Å². The molecule has 0 bridgehead atoms. The topological polar surface area (TPSA) is 6.48 Å². The van der Waals surface area contributed by atoms with Crippen molar-refractivity contribution in [3.8, 4) is 0 Å². The van der Waals surface area contributed by atoms with E-state index in [1.54, 1.807) is 30.6 Å². The number of nitrogens with zero attached hydrogens (tertiary/aromatic N) is 2. The molecule has 0 saturated heterocycles. The molecule has 0 heterocycles. The predicted octanol–water partition coefficient (Wildman–Crippen LogP) is 3.78. The van der Waals surface area contributed by atoms with Crippen LogP contribution in [0.25, 0.3) is 0 Å². The second-order valence-electron chi connectivity index (χ2n) is 10.2. The van der Waals surface area contributed by atoms with Crippen molar-refractivity contribution in [3.63, 3.8) is 0 Å². The molecule has 0 amide bonds. The molecule has 37 heavy (non-hydrogen) atoms. The van der Waals surface area contributed by atoms with Crippen LogP contribution in [0, 0.1) is 0 Å². The molecule has 1 fully saturated rings. The molecule has 2 atom stereocenters. The SMILES string of the molecule is CC(C)N(C(C)C)C1C(N(C(C)C)C(C)C)C1[PH+](c1ccccc1)c1ccccc1.FB(F)F.[Cl][Au].[F-]. The van der Waals surface area contributed by atoms with E-state index < -0.39 is 15.5 Å². The molecule has 2 unspecified atom stereocenters. The fourth-order valence-corrected chi connectivity index (χ4v) is 9.22. The Morgan fingerprint density at radius 3 is 1.11 bits per heavy atom. The van der Waals surface area contributed by atoms with Crippen LogP contribution in [0.15, 0.2) is 60.7 Å². The van der Waals surface area contributed by atoms with Gasteiger partial charge in [0.15, 0.2) is 0 Å². The molecule has 2 aromatic carbocycles. The summed E-state index contributed by atoms with van der Waals surface area (Å²) in [6.45, 7) is 19.0. The number of halogens is 5. The first kappa shape index (κ1) is 36.6. The Morgan fingerprint density at radius 1 is 0.649 bits per heavy atom. The molecular weight excluding hydrogens is 703 g/mol. The summed E-state index contributed by atoms with van der Waals surface area (Å²) in [5, 5.41) is 3.09. The molecule has 2 aromatic rings. The molecule has 3 rings (SSSR count). The van der Waals surface area contributed by atoms with Crippen molar-refractivity contribution in [2.45, 2.75) is 97.3 Å². The van der Waals surface area contributed by atoms with E-state index in [1.165, 1.54) is 0 Å². The summed E-state index contributed by atoms with van der Waals surface area (Å²) in [7, 11) is 0.00990. The fourth-order valence-electron chi connectivity index (χ4n) is 5.70. The maximum absolute atomic E-state index is 9.67. The average molecular weight is 745 g/mol. The molecule has 1 saturated carbocycles. The number of hydrogen-bond acceptors (Lipinski definition) is 2. The van der Waals surface area contributed by atoms with Gasteiger partial charge in [0.25, 0.3) is 0 Å². The van der Waals surface area contributed by atoms with Gasteiger partial charge in [-0.05, 0) is 79.7 Å². The van der Waals surface area contributed by atoms with E-state index >= 15 is 0 Å². The second-order valence-corrected chi connectivity index (χ2v) is 12.8. The minimum Gasteiger partial charge on any atom is -1.00 e. The molecule has 2 nitrogen and oxygen atoms in total. The minimum atomic E-state index is -3.67. The summed E-state index contributed by atoms with van der Waals surface area (Å²) in [6, 6.07) is 26.1. The van der Waals surface area contributed by atoms with Gasteiger partial charge in [-0.1, -0.05) is 36.4 Å². The molecule has 10 heteroatoms. The van der Waals surface area contributed by atoms with Crippen LogP contribution in [0.3, 0.4) is 0 Å². The molecule has 0 spiro atoms. The Labute approximate surface area is 239 Å². The van der Waals surface area contributed by atoms with E-state index in [0.717, 1.165) is 0 Å². The number of rotatable bonds is 9. The van der Waals surface area contributed by atoms with Crippen LogP contribution in [0.1, 0.15) is 55.4 Å². The van der Waals surface area contributed by atoms with E-state index in [2.05, 4.69) is 135 Å². The van der Waals surface area contributed by atoms with Crippen LogP contribution in [-0.4, -0.2) is 59.3 Å². The normalized spacial score (nSPS) is 18.6. The van der Waals surface area contributed by atoms with Gasteiger partial charge in [-0.2, -0.15) is 0 Å². The van der Waals surface area contributed by atoms with Gasteiger partial charge in [0.05, 0.1) is 30.6 Å². The minimum absolute atomic E-state index is 0. The summed E-state index contributed by atoms with van der Waals surface area (Å²) in [4.78, 5) is 5.59. The van der Waals surface area contributed by atoms with Gasteiger partial charge < -0.3 is 4.70 Å². The quantitative estimate of drug-likeness (QED) is 0.220. The van der Waals surface area contributed by atoms with Crippen LogP contribution in [0.5, 0.6) is 0 Å². The van der Waals surface area contributed by atoms with Crippen molar-refractivity contribution in [1.82, 2.24) is 9.80 Å². The van der Waals surface area contributed by atoms with E-state index in [9.17, 15) is 12.9 Å². The van der Waals surface area contributed by atoms with Crippen molar-refractivity contribution in [3.05, 3.63) is 60.7 Å². The summed E-state index contributed by atoms with van der Waals surface area (Å²) in [5.74, 6) is 0. The first-order valence-corrected chi connectivity index (χ1v) is 16.8. The Morgan fingerprint density at radius 2 is 0.892 bits per heavy atom. The predicted molar refractivity (Wildman–Crippen MR) is 151 cm³/mol. The third kappa shape index (κ3) is 10.6. The Kier molecular flexibility index (Phi) is 17.9. The summed E-state index contributed by atoms with van der Waals surface area (Å²) in [5.41, 5.74) is 0.689. The molecule has 1 aliphatic rings. The van der Waals surface area contributed by atoms with E-state index in [4.69, 9.17) is 0 Å². The number of benzene rings is 2. The van der Waals surface area contributed by atoms with Crippen LogP contribution in [-0.2, 0) is 20.0 Å².